The quantitative estimate of drug-likeness (QED) is 0.623. The number of aryl methyl sites for hydroxylation is 2. The van der Waals surface area contributed by atoms with Crippen LogP contribution in [0, 0.1) is 13.8 Å². The van der Waals surface area contributed by atoms with Gasteiger partial charge in [-0.25, -0.2) is 9.69 Å². The summed E-state index contributed by atoms with van der Waals surface area (Å²) in [6, 6.07) is 9.38. The summed E-state index contributed by atoms with van der Waals surface area (Å²) in [4.78, 5) is 38.4. The Kier molecular flexibility index (Phi) is 5.51. The van der Waals surface area contributed by atoms with Crippen LogP contribution < -0.4 is 15.0 Å². The van der Waals surface area contributed by atoms with Crippen molar-refractivity contribution in [3.63, 3.8) is 0 Å². The molecular weight excluding hydrogens is 380 g/mol. The number of amides is 4. The van der Waals surface area contributed by atoms with Crippen LogP contribution in [0.1, 0.15) is 23.6 Å². The minimum Gasteiger partial charge on any atom is -0.492 e. The largest absolute Gasteiger partial charge is 0.492 e. The number of hydrogen-bond acceptors (Lipinski definition) is 4. The highest BCUT2D eigenvalue weighted by Gasteiger charge is 2.36. The van der Waals surface area contributed by atoms with Crippen LogP contribution in [0.3, 0.4) is 0 Å². The fraction of sp³-hybridized carbons (Fsp3) is 0.190. The molecule has 2 aromatic rings. The fourth-order valence-electron chi connectivity index (χ4n) is 2.80. The number of nitrogens with one attached hydrogen (secondary N) is 1. The predicted molar refractivity (Wildman–Crippen MR) is 108 cm³/mol. The Morgan fingerprint density at radius 2 is 1.82 bits per heavy atom. The van der Waals surface area contributed by atoms with Gasteiger partial charge in [-0.1, -0.05) is 23.7 Å². The second-order valence-electron chi connectivity index (χ2n) is 6.35. The van der Waals surface area contributed by atoms with Gasteiger partial charge in [-0.2, -0.15) is 0 Å². The molecule has 0 bridgehead atoms. The van der Waals surface area contributed by atoms with Crippen LogP contribution in [0.25, 0.3) is 6.08 Å². The van der Waals surface area contributed by atoms with E-state index in [-0.39, 0.29) is 5.57 Å². The summed E-state index contributed by atoms with van der Waals surface area (Å²) < 4.78 is 5.38. The molecule has 3 rings (SSSR count). The lowest BCUT2D eigenvalue weighted by atomic mass is 10.0. The molecule has 1 aliphatic heterocycles. The lowest BCUT2D eigenvalue weighted by molar-refractivity contribution is -0.122. The first-order valence-electron chi connectivity index (χ1n) is 8.73. The molecule has 1 N–H and O–H groups in total. The second kappa shape index (κ2) is 7.86. The molecule has 0 unspecified atom stereocenters. The van der Waals surface area contributed by atoms with E-state index in [0.717, 1.165) is 16.0 Å². The topological polar surface area (TPSA) is 75.7 Å². The van der Waals surface area contributed by atoms with E-state index in [2.05, 4.69) is 5.32 Å². The zero-order valence-corrected chi connectivity index (χ0v) is 16.5. The van der Waals surface area contributed by atoms with Gasteiger partial charge >= 0.3 is 6.03 Å². The molecule has 6 nitrogen and oxygen atoms in total. The minimum absolute atomic E-state index is 0.155. The highest BCUT2D eigenvalue weighted by molar-refractivity contribution is 6.39. The molecule has 0 spiro atoms. The first-order chi connectivity index (χ1) is 13.3. The minimum atomic E-state index is -0.778. The smallest absolute Gasteiger partial charge is 0.335 e. The molecule has 1 heterocycles. The maximum atomic E-state index is 12.9. The molecule has 1 saturated heterocycles. The molecule has 0 radical (unpaired) electrons. The van der Waals surface area contributed by atoms with Crippen molar-refractivity contribution in [1.29, 1.82) is 0 Å². The van der Waals surface area contributed by atoms with Crippen LogP contribution in [0.4, 0.5) is 10.5 Å². The Bertz CT molecular complexity index is 1010. The Hall–Kier alpha value is -3.12. The number of carbonyl (C=O) groups is 3. The summed E-state index contributed by atoms with van der Waals surface area (Å²) in [5, 5.41) is 2.57. The molecule has 0 atom stereocenters. The van der Waals surface area contributed by atoms with Gasteiger partial charge in [-0.15, -0.1) is 0 Å². The number of benzene rings is 2. The number of hydrogen-bond donors (Lipinski definition) is 1. The summed E-state index contributed by atoms with van der Waals surface area (Å²) in [5.74, 6) is -0.931. The summed E-state index contributed by atoms with van der Waals surface area (Å²) in [7, 11) is 0. The van der Waals surface area contributed by atoms with Crippen molar-refractivity contribution in [2.45, 2.75) is 20.8 Å². The summed E-state index contributed by atoms with van der Waals surface area (Å²) in [5.41, 5.74) is 2.75. The van der Waals surface area contributed by atoms with Crippen LogP contribution in [0.15, 0.2) is 42.0 Å². The average molecular weight is 399 g/mol. The second-order valence-corrected chi connectivity index (χ2v) is 6.76. The number of anilines is 1. The zero-order valence-electron chi connectivity index (χ0n) is 15.7. The first-order valence-corrected chi connectivity index (χ1v) is 9.10. The molecule has 1 aliphatic rings. The van der Waals surface area contributed by atoms with Crippen molar-refractivity contribution in [3.8, 4) is 5.75 Å². The number of carbonyl (C=O) groups excluding carboxylic acids is 3. The number of ether oxygens (including phenoxy) is 1. The molecule has 1 fully saturated rings. The van der Waals surface area contributed by atoms with Gasteiger partial charge in [0.25, 0.3) is 11.8 Å². The molecule has 0 aromatic heterocycles. The van der Waals surface area contributed by atoms with Crippen molar-refractivity contribution in [2.75, 3.05) is 11.5 Å². The van der Waals surface area contributed by atoms with Gasteiger partial charge in [0.05, 0.1) is 17.3 Å². The third-order valence-corrected chi connectivity index (χ3v) is 4.71. The Balaban J connectivity index is 1.98. The number of halogens is 1. The SMILES string of the molecule is CCOc1ccc(/C=C2\C(=O)NC(=O)N(c3ccc(C)c(C)c3)C2=O)cc1Cl. The van der Waals surface area contributed by atoms with Gasteiger partial charge in [-0.05, 0) is 67.8 Å². The predicted octanol–water partition coefficient (Wildman–Crippen LogP) is 4.02. The summed E-state index contributed by atoms with van der Waals surface area (Å²) in [6.07, 6.45) is 1.40. The summed E-state index contributed by atoms with van der Waals surface area (Å²) in [6.45, 7) is 6.13. The average Bonchev–Trinajstić information content (AvgIpc) is 2.63. The van der Waals surface area contributed by atoms with Gasteiger partial charge in [0.15, 0.2) is 0 Å². The van der Waals surface area contributed by atoms with E-state index >= 15 is 0 Å². The van der Waals surface area contributed by atoms with Crippen molar-refractivity contribution < 1.29 is 19.1 Å². The number of urea groups is 1. The Morgan fingerprint density at radius 3 is 2.46 bits per heavy atom. The van der Waals surface area contributed by atoms with E-state index in [4.69, 9.17) is 16.3 Å². The number of imide groups is 2. The van der Waals surface area contributed by atoms with Gasteiger partial charge in [-0.3, -0.25) is 14.9 Å². The normalized spacial score (nSPS) is 15.8. The zero-order chi connectivity index (χ0) is 20.4. The molecular formula is C21H19ClN2O4. The molecule has 0 aliphatic carbocycles. The number of barbiturate groups is 1. The van der Waals surface area contributed by atoms with E-state index in [1.54, 1.807) is 30.3 Å². The Labute approximate surface area is 167 Å². The fourth-order valence-corrected chi connectivity index (χ4v) is 3.05. The molecule has 28 heavy (non-hydrogen) atoms. The number of rotatable bonds is 4. The van der Waals surface area contributed by atoms with Crippen molar-refractivity contribution in [1.82, 2.24) is 5.32 Å². The standard InChI is InChI=1S/C21H19ClN2O4/c1-4-28-18-8-6-14(11-17(18)22)10-16-19(25)23-21(27)24(20(16)26)15-7-5-12(2)13(3)9-15/h5-11H,4H2,1-3H3,(H,23,25,27)/b16-10+. The van der Waals surface area contributed by atoms with E-state index in [9.17, 15) is 14.4 Å². The van der Waals surface area contributed by atoms with Crippen molar-refractivity contribution in [3.05, 3.63) is 63.7 Å². The summed E-state index contributed by atoms with van der Waals surface area (Å²) >= 11 is 6.17. The van der Waals surface area contributed by atoms with Crippen molar-refractivity contribution in [2.24, 2.45) is 0 Å². The molecule has 2 aromatic carbocycles. The third-order valence-electron chi connectivity index (χ3n) is 4.42. The highest BCUT2D eigenvalue weighted by atomic mass is 35.5. The van der Waals surface area contributed by atoms with Crippen LogP contribution in [-0.4, -0.2) is 24.5 Å². The van der Waals surface area contributed by atoms with E-state index in [1.165, 1.54) is 6.08 Å². The van der Waals surface area contributed by atoms with Crippen molar-refractivity contribution >= 4 is 41.2 Å². The molecule has 7 heteroatoms. The Morgan fingerprint density at radius 1 is 1.07 bits per heavy atom. The van der Waals surface area contributed by atoms with Gasteiger partial charge in [0.1, 0.15) is 11.3 Å². The van der Waals surface area contributed by atoms with E-state index < -0.39 is 17.8 Å². The maximum Gasteiger partial charge on any atom is 0.335 e. The van der Waals surface area contributed by atoms with Gasteiger partial charge in [0, 0.05) is 0 Å². The molecule has 4 amide bonds. The van der Waals surface area contributed by atoms with Crippen LogP contribution in [-0.2, 0) is 9.59 Å². The maximum absolute atomic E-state index is 12.9. The van der Waals surface area contributed by atoms with E-state index in [0.29, 0.717) is 28.6 Å². The lowest BCUT2D eigenvalue weighted by Gasteiger charge is -2.26. The van der Waals surface area contributed by atoms with E-state index in [1.807, 2.05) is 26.8 Å². The molecule has 0 saturated carbocycles. The monoisotopic (exact) mass is 398 g/mol. The third kappa shape index (κ3) is 3.77. The van der Waals surface area contributed by atoms with Crippen LogP contribution >= 0.6 is 11.6 Å². The van der Waals surface area contributed by atoms with Crippen LogP contribution in [0.2, 0.25) is 5.02 Å². The van der Waals surface area contributed by atoms with Crippen LogP contribution in [0.5, 0.6) is 5.75 Å². The highest BCUT2D eigenvalue weighted by Crippen LogP contribution is 2.28. The lowest BCUT2D eigenvalue weighted by Crippen LogP contribution is -2.54. The first kappa shape index (κ1) is 19.6. The molecule has 144 valence electrons. The number of nitrogens with zero attached hydrogens (tertiary/aromatic N) is 1. The van der Waals surface area contributed by atoms with Gasteiger partial charge < -0.3 is 4.74 Å². The van der Waals surface area contributed by atoms with Gasteiger partial charge in [0.2, 0.25) is 0 Å².